The monoisotopic (exact) mass is 342 g/mol. The minimum atomic E-state index is -1.36. The van der Waals surface area contributed by atoms with Gasteiger partial charge in [-0.2, -0.15) is 0 Å². The highest BCUT2D eigenvalue weighted by molar-refractivity contribution is 5.85. The lowest BCUT2D eigenvalue weighted by Gasteiger charge is -2.38. The number of methoxy groups -OCH3 is 1. The van der Waals surface area contributed by atoms with Crippen molar-refractivity contribution in [2.75, 3.05) is 7.11 Å². The zero-order valence-electron chi connectivity index (χ0n) is 16.0. The van der Waals surface area contributed by atoms with Crippen LogP contribution >= 0.6 is 0 Å². The predicted molar refractivity (Wildman–Crippen MR) is 99.8 cm³/mol. The van der Waals surface area contributed by atoms with Gasteiger partial charge in [0.2, 0.25) is 0 Å². The molecule has 1 aromatic rings. The molecule has 0 aromatic heterocycles. The van der Waals surface area contributed by atoms with Crippen molar-refractivity contribution in [3.63, 3.8) is 0 Å². The van der Waals surface area contributed by atoms with Crippen molar-refractivity contribution in [3.05, 3.63) is 35.9 Å². The van der Waals surface area contributed by atoms with Gasteiger partial charge in [-0.1, -0.05) is 63.4 Å². The first kappa shape index (κ1) is 19.5. The van der Waals surface area contributed by atoms with E-state index < -0.39 is 11.6 Å². The number of rotatable bonds is 5. The van der Waals surface area contributed by atoms with Gasteiger partial charge in [-0.05, 0) is 37.5 Å². The Morgan fingerprint density at radius 1 is 1.24 bits per heavy atom. The molecule has 0 bridgehead atoms. The van der Waals surface area contributed by atoms with Gasteiger partial charge in [-0.3, -0.25) is 0 Å². The summed E-state index contributed by atoms with van der Waals surface area (Å²) in [5.41, 5.74) is -0.653. The summed E-state index contributed by atoms with van der Waals surface area (Å²) in [7, 11) is 1.52. The van der Waals surface area contributed by atoms with Crippen LogP contribution < -0.4 is 0 Å². The van der Waals surface area contributed by atoms with E-state index in [4.69, 9.17) is 9.47 Å². The van der Waals surface area contributed by atoms with Crippen molar-refractivity contribution in [2.45, 2.75) is 58.7 Å². The number of carbonyl (C=O) groups excluding carboxylic acids is 1. The molecule has 4 atom stereocenters. The van der Waals surface area contributed by atoms with E-state index in [0.29, 0.717) is 23.3 Å². The van der Waals surface area contributed by atoms with Crippen LogP contribution in [0.2, 0.25) is 0 Å². The molecule has 2 rings (SSSR count). The van der Waals surface area contributed by atoms with Crippen molar-refractivity contribution < 1.29 is 14.3 Å². The molecule has 0 radical (unpaired) electrons. The SMILES string of the molecule is CC#C[C@@](OC)(C(=O)O[C@H]1C[C@@H](C)CC[C@@H]1C(C)C)c1ccccc1. The fourth-order valence-electron chi connectivity index (χ4n) is 3.81. The van der Waals surface area contributed by atoms with Crippen LogP contribution in [0.1, 0.15) is 52.5 Å². The Hall–Kier alpha value is -1.79. The maximum atomic E-state index is 13.2. The fraction of sp³-hybridized carbons (Fsp3) is 0.591. The molecule has 25 heavy (non-hydrogen) atoms. The molecule has 1 aliphatic carbocycles. The van der Waals surface area contributed by atoms with Crippen molar-refractivity contribution in [2.24, 2.45) is 17.8 Å². The van der Waals surface area contributed by atoms with Gasteiger partial charge in [-0.25, -0.2) is 4.79 Å². The summed E-state index contributed by atoms with van der Waals surface area (Å²) in [6, 6.07) is 9.39. The van der Waals surface area contributed by atoms with E-state index in [1.807, 2.05) is 30.3 Å². The van der Waals surface area contributed by atoms with Gasteiger partial charge in [0.25, 0.3) is 5.60 Å². The lowest BCUT2D eigenvalue weighted by molar-refractivity contribution is -0.175. The van der Waals surface area contributed by atoms with E-state index in [1.54, 1.807) is 6.92 Å². The predicted octanol–water partition coefficient (Wildman–Crippen LogP) is 4.56. The summed E-state index contributed by atoms with van der Waals surface area (Å²) in [5, 5.41) is 0. The Morgan fingerprint density at radius 2 is 1.92 bits per heavy atom. The molecule has 1 saturated carbocycles. The van der Waals surface area contributed by atoms with Crippen LogP contribution in [0.5, 0.6) is 0 Å². The zero-order chi connectivity index (χ0) is 18.4. The summed E-state index contributed by atoms with van der Waals surface area (Å²) < 4.78 is 11.7. The third-order valence-electron chi connectivity index (χ3n) is 5.29. The molecule has 0 saturated heterocycles. The molecule has 0 N–H and O–H groups in total. The van der Waals surface area contributed by atoms with Crippen LogP contribution in [0.3, 0.4) is 0 Å². The highest BCUT2D eigenvalue weighted by Crippen LogP contribution is 2.37. The summed E-state index contributed by atoms with van der Waals surface area (Å²) in [6.07, 6.45) is 3.12. The number of hydrogen-bond donors (Lipinski definition) is 0. The van der Waals surface area contributed by atoms with Gasteiger partial charge in [0.15, 0.2) is 0 Å². The summed E-state index contributed by atoms with van der Waals surface area (Å²) in [6.45, 7) is 8.34. The van der Waals surface area contributed by atoms with Gasteiger partial charge in [0.1, 0.15) is 6.10 Å². The van der Waals surface area contributed by atoms with Crippen LogP contribution in [0.4, 0.5) is 0 Å². The summed E-state index contributed by atoms with van der Waals surface area (Å²) in [4.78, 5) is 13.2. The molecule has 136 valence electrons. The van der Waals surface area contributed by atoms with E-state index in [9.17, 15) is 4.79 Å². The third-order valence-corrected chi connectivity index (χ3v) is 5.29. The standard InChI is InChI=1S/C22H30O3/c1-6-14-22(24-5,18-10-8-7-9-11-18)21(23)25-20-15-17(4)12-13-19(20)16(2)3/h7-11,16-17,19-20H,12-13,15H2,1-5H3/t17-,19+,20-,22-/m0/s1. The molecule has 0 amide bonds. The van der Waals surface area contributed by atoms with Gasteiger partial charge in [-0.15, -0.1) is 5.92 Å². The van der Waals surface area contributed by atoms with E-state index in [-0.39, 0.29) is 6.10 Å². The molecule has 1 aliphatic rings. The average molecular weight is 342 g/mol. The maximum absolute atomic E-state index is 13.2. The second-order valence-electron chi connectivity index (χ2n) is 7.40. The Bertz CT molecular complexity index is 626. The molecule has 1 fully saturated rings. The fourth-order valence-corrected chi connectivity index (χ4v) is 3.81. The van der Waals surface area contributed by atoms with Crippen molar-refractivity contribution >= 4 is 5.97 Å². The van der Waals surface area contributed by atoms with Crippen LogP contribution in [-0.2, 0) is 19.9 Å². The number of carbonyl (C=O) groups is 1. The lowest BCUT2D eigenvalue weighted by Crippen LogP contribution is -2.44. The van der Waals surface area contributed by atoms with Gasteiger partial charge in [0, 0.05) is 12.7 Å². The number of hydrogen-bond acceptors (Lipinski definition) is 3. The summed E-state index contributed by atoms with van der Waals surface area (Å²) >= 11 is 0. The Labute approximate surface area is 152 Å². The Balaban J connectivity index is 2.31. The Kier molecular flexibility index (Phi) is 6.67. The van der Waals surface area contributed by atoms with Crippen LogP contribution in [-0.4, -0.2) is 19.2 Å². The molecule has 0 spiro atoms. The maximum Gasteiger partial charge on any atom is 0.356 e. The number of esters is 1. The van der Waals surface area contributed by atoms with E-state index >= 15 is 0 Å². The second kappa shape index (κ2) is 8.54. The second-order valence-corrected chi connectivity index (χ2v) is 7.40. The molecule has 3 nitrogen and oxygen atoms in total. The van der Waals surface area contributed by atoms with Gasteiger partial charge < -0.3 is 9.47 Å². The topological polar surface area (TPSA) is 35.5 Å². The van der Waals surface area contributed by atoms with Crippen molar-refractivity contribution in [3.8, 4) is 11.8 Å². The average Bonchev–Trinajstić information content (AvgIpc) is 2.60. The minimum Gasteiger partial charge on any atom is -0.459 e. The van der Waals surface area contributed by atoms with Crippen LogP contribution in [0, 0.1) is 29.6 Å². The lowest BCUT2D eigenvalue weighted by atomic mass is 9.75. The quantitative estimate of drug-likeness (QED) is 0.581. The normalized spacial score (nSPS) is 25.6. The molecule has 3 heteroatoms. The molecule has 0 unspecified atom stereocenters. The van der Waals surface area contributed by atoms with Gasteiger partial charge >= 0.3 is 5.97 Å². The first-order chi connectivity index (χ1) is 11.9. The number of benzene rings is 1. The molecular formula is C22H30O3. The van der Waals surface area contributed by atoms with Crippen LogP contribution in [0.15, 0.2) is 30.3 Å². The van der Waals surface area contributed by atoms with E-state index in [1.165, 1.54) is 13.5 Å². The summed E-state index contributed by atoms with van der Waals surface area (Å²) in [5.74, 6) is 6.84. The molecule has 0 heterocycles. The van der Waals surface area contributed by atoms with Crippen LogP contribution in [0.25, 0.3) is 0 Å². The Morgan fingerprint density at radius 3 is 2.48 bits per heavy atom. The smallest absolute Gasteiger partial charge is 0.356 e. The third kappa shape index (κ3) is 4.25. The number of ether oxygens (including phenoxy) is 2. The zero-order valence-corrected chi connectivity index (χ0v) is 16.0. The van der Waals surface area contributed by atoms with Gasteiger partial charge in [0.05, 0.1) is 0 Å². The minimum absolute atomic E-state index is 0.0758. The molecule has 0 aliphatic heterocycles. The van der Waals surface area contributed by atoms with Crippen molar-refractivity contribution in [1.29, 1.82) is 0 Å². The molecular weight excluding hydrogens is 312 g/mol. The van der Waals surface area contributed by atoms with E-state index in [0.717, 1.165) is 12.8 Å². The first-order valence-electron chi connectivity index (χ1n) is 9.20. The largest absolute Gasteiger partial charge is 0.459 e. The highest BCUT2D eigenvalue weighted by atomic mass is 16.6. The van der Waals surface area contributed by atoms with Crippen molar-refractivity contribution in [1.82, 2.24) is 0 Å². The first-order valence-corrected chi connectivity index (χ1v) is 9.20. The highest BCUT2D eigenvalue weighted by Gasteiger charge is 2.44. The van der Waals surface area contributed by atoms with E-state index in [2.05, 4.69) is 32.6 Å². The molecule has 1 aromatic carbocycles.